The van der Waals surface area contributed by atoms with Crippen molar-refractivity contribution in [2.45, 2.75) is 52.4 Å². The minimum Gasteiger partial charge on any atom is -0.493 e. The van der Waals surface area contributed by atoms with Crippen molar-refractivity contribution < 1.29 is 33.0 Å². The van der Waals surface area contributed by atoms with Gasteiger partial charge < -0.3 is 28.7 Å². The fraction of sp³-hybridized carbons (Fsp3) is 0.448. The molecule has 0 amide bonds. The van der Waals surface area contributed by atoms with Crippen molar-refractivity contribution in [3.05, 3.63) is 70.0 Å². The predicted molar refractivity (Wildman–Crippen MR) is 138 cm³/mol. The van der Waals surface area contributed by atoms with Gasteiger partial charge in [0.05, 0.1) is 31.8 Å². The summed E-state index contributed by atoms with van der Waals surface area (Å²) in [6, 6.07) is 9.47. The maximum absolute atomic E-state index is 13.7. The molecule has 198 valence electrons. The number of ether oxygens (including phenoxy) is 4. The van der Waals surface area contributed by atoms with E-state index < -0.39 is 11.9 Å². The molecule has 2 unspecified atom stereocenters. The lowest BCUT2D eigenvalue weighted by atomic mass is 9.73. The van der Waals surface area contributed by atoms with E-state index >= 15 is 0 Å². The van der Waals surface area contributed by atoms with E-state index in [0.717, 1.165) is 11.3 Å². The van der Waals surface area contributed by atoms with Crippen molar-refractivity contribution in [2.75, 3.05) is 33.5 Å². The van der Waals surface area contributed by atoms with Crippen LogP contribution in [0.25, 0.3) is 0 Å². The van der Waals surface area contributed by atoms with Gasteiger partial charge in [-0.3, -0.25) is 4.79 Å². The van der Waals surface area contributed by atoms with Crippen LogP contribution in [0.3, 0.4) is 0 Å². The number of hydrogen-bond acceptors (Lipinski definition) is 8. The van der Waals surface area contributed by atoms with Crippen LogP contribution in [0.2, 0.25) is 0 Å². The second-order valence-corrected chi connectivity index (χ2v) is 9.14. The highest BCUT2D eigenvalue weighted by Crippen LogP contribution is 2.46. The Hall–Kier alpha value is -3.52. The summed E-state index contributed by atoms with van der Waals surface area (Å²) in [5.41, 5.74) is 3.40. The highest BCUT2D eigenvalue weighted by atomic mass is 16.6. The summed E-state index contributed by atoms with van der Waals surface area (Å²) < 4.78 is 27.9. The minimum atomic E-state index is -0.632. The number of ketones is 1. The molecule has 2 atom stereocenters. The molecule has 2 heterocycles. The van der Waals surface area contributed by atoms with Gasteiger partial charge in [0, 0.05) is 30.0 Å². The molecule has 1 N–H and O–H groups in total. The number of hydrogen-bond donors (Lipinski definition) is 1. The first-order chi connectivity index (χ1) is 17.9. The number of dihydropyridines is 1. The molecule has 37 heavy (non-hydrogen) atoms. The van der Waals surface area contributed by atoms with Gasteiger partial charge in [0.15, 0.2) is 17.3 Å². The van der Waals surface area contributed by atoms with E-state index in [1.807, 2.05) is 58.0 Å². The Morgan fingerprint density at radius 2 is 1.86 bits per heavy atom. The molecule has 0 spiro atoms. The Morgan fingerprint density at radius 3 is 2.54 bits per heavy atom. The number of furan rings is 1. The molecule has 2 aromatic rings. The average Bonchev–Trinajstić information content (AvgIpc) is 3.31. The summed E-state index contributed by atoms with van der Waals surface area (Å²) in [6.07, 6.45) is 0.915. The van der Waals surface area contributed by atoms with Crippen molar-refractivity contribution in [2.24, 2.45) is 0 Å². The van der Waals surface area contributed by atoms with Gasteiger partial charge in [-0.15, -0.1) is 0 Å². The molecule has 4 rings (SSSR count). The number of rotatable bonds is 10. The van der Waals surface area contributed by atoms with E-state index in [2.05, 4.69) is 5.32 Å². The quantitative estimate of drug-likeness (QED) is 0.356. The van der Waals surface area contributed by atoms with Crippen LogP contribution in [-0.4, -0.2) is 45.3 Å². The molecule has 1 aromatic carbocycles. The maximum atomic E-state index is 13.7. The van der Waals surface area contributed by atoms with Crippen LogP contribution in [0.4, 0.5) is 0 Å². The number of carbonyl (C=O) groups is 2. The molecule has 2 aliphatic rings. The zero-order chi connectivity index (χ0) is 26.5. The van der Waals surface area contributed by atoms with Crippen LogP contribution in [-0.2, 0) is 19.1 Å². The van der Waals surface area contributed by atoms with Crippen LogP contribution in [0.5, 0.6) is 11.5 Å². The summed E-state index contributed by atoms with van der Waals surface area (Å²) >= 11 is 0. The summed E-state index contributed by atoms with van der Waals surface area (Å²) in [7, 11) is 1.61. The van der Waals surface area contributed by atoms with Gasteiger partial charge in [0.1, 0.15) is 18.1 Å². The van der Waals surface area contributed by atoms with E-state index in [9.17, 15) is 9.59 Å². The molecular formula is C29H35NO7. The second kappa shape index (κ2) is 11.7. The zero-order valence-corrected chi connectivity index (χ0v) is 22.1. The van der Waals surface area contributed by atoms with Crippen molar-refractivity contribution in [3.8, 4) is 11.5 Å². The van der Waals surface area contributed by atoms with Gasteiger partial charge in [-0.2, -0.15) is 0 Å². The fourth-order valence-corrected chi connectivity index (χ4v) is 5.07. The summed E-state index contributed by atoms with van der Waals surface area (Å²) in [6.45, 7) is 9.00. The van der Waals surface area contributed by atoms with Gasteiger partial charge in [-0.25, -0.2) is 4.79 Å². The number of esters is 1. The number of aryl methyl sites for hydroxylation is 1. The van der Waals surface area contributed by atoms with E-state index in [4.69, 9.17) is 23.4 Å². The fourth-order valence-electron chi connectivity index (χ4n) is 5.07. The number of Topliss-reactive ketones (excluding diaryl/α,β-unsaturated/α-hetero) is 1. The number of methoxy groups -OCH3 is 1. The summed E-state index contributed by atoms with van der Waals surface area (Å²) in [5, 5.41) is 3.36. The number of allylic oxidation sites excluding steroid dienone is 3. The first-order valence-electron chi connectivity index (χ1n) is 12.7. The Labute approximate surface area is 217 Å². The van der Waals surface area contributed by atoms with E-state index in [1.165, 1.54) is 0 Å². The molecule has 0 radical (unpaired) electrons. The van der Waals surface area contributed by atoms with Crippen molar-refractivity contribution in [1.29, 1.82) is 0 Å². The molecule has 0 bridgehead atoms. The molecule has 0 saturated heterocycles. The third-order valence-electron chi connectivity index (χ3n) is 6.72. The normalized spacial score (nSPS) is 19.4. The number of carbonyl (C=O) groups excluding carboxylic acids is 2. The van der Waals surface area contributed by atoms with E-state index in [0.29, 0.717) is 72.5 Å². The first kappa shape index (κ1) is 26.5. The Balaban J connectivity index is 1.67. The molecule has 0 fully saturated rings. The van der Waals surface area contributed by atoms with E-state index in [1.54, 1.807) is 7.11 Å². The summed E-state index contributed by atoms with van der Waals surface area (Å²) in [5.74, 6) is 1.38. The third kappa shape index (κ3) is 5.59. The van der Waals surface area contributed by atoms with Gasteiger partial charge >= 0.3 is 5.97 Å². The van der Waals surface area contributed by atoms with Crippen molar-refractivity contribution in [3.63, 3.8) is 0 Å². The zero-order valence-electron chi connectivity index (χ0n) is 22.1. The average molecular weight is 510 g/mol. The lowest BCUT2D eigenvalue weighted by Crippen LogP contribution is -2.36. The monoisotopic (exact) mass is 509 g/mol. The topological polar surface area (TPSA) is 96.2 Å². The van der Waals surface area contributed by atoms with Gasteiger partial charge in [-0.05, 0) is 69.9 Å². The first-order valence-corrected chi connectivity index (χ1v) is 12.7. The molecule has 0 saturated carbocycles. The highest BCUT2D eigenvalue weighted by Gasteiger charge is 2.43. The van der Waals surface area contributed by atoms with Crippen LogP contribution < -0.4 is 14.8 Å². The van der Waals surface area contributed by atoms with Gasteiger partial charge in [-0.1, -0.05) is 6.07 Å². The maximum Gasteiger partial charge on any atom is 0.336 e. The van der Waals surface area contributed by atoms with Gasteiger partial charge in [0.25, 0.3) is 0 Å². The lowest BCUT2D eigenvalue weighted by Gasteiger charge is -2.35. The smallest absolute Gasteiger partial charge is 0.336 e. The SMILES string of the molecule is CCOCCOC(=O)C1=C(C)NC2=C(C(=O)CC(c3ccc(OCC)c(OC)c3)C2)C1c1ccc(C)o1. The van der Waals surface area contributed by atoms with Crippen LogP contribution in [0, 0.1) is 6.92 Å². The Morgan fingerprint density at radius 1 is 1.05 bits per heavy atom. The second-order valence-electron chi connectivity index (χ2n) is 9.14. The molecule has 1 aliphatic carbocycles. The molecule has 1 aromatic heterocycles. The Kier molecular flexibility index (Phi) is 8.38. The van der Waals surface area contributed by atoms with Crippen LogP contribution >= 0.6 is 0 Å². The van der Waals surface area contributed by atoms with Gasteiger partial charge in [0.2, 0.25) is 0 Å². The number of benzene rings is 1. The van der Waals surface area contributed by atoms with Crippen LogP contribution in [0.1, 0.15) is 62.5 Å². The van der Waals surface area contributed by atoms with E-state index in [-0.39, 0.29) is 18.3 Å². The third-order valence-corrected chi connectivity index (χ3v) is 6.72. The van der Waals surface area contributed by atoms with Crippen molar-refractivity contribution >= 4 is 11.8 Å². The molecular weight excluding hydrogens is 474 g/mol. The number of nitrogens with one attached hydrogen (secondary N) is 1. The largest absolute Gasteiger partial charge is 0.493 e. The molecule has 8 heteroatoms. The molecule has 8 nitrogen and oxygen atoms in total. The van der Waals surface area contributed by atoms with Crippen molar-refractivity contribution in [1.82, 2.24) is 5.32 Å². The lowest BCUT2D eigenvalue weighted by molar-refractivity contribution is -0.141. The Bertz CT molecular complexity index is 1220. The summed E-state index contributed by atoms with van der Waals surface area (Å²) in [4.78, 5) is 26.9. The molecule has 1 aliphatic heterocycles. The minimum absolute atomic E-state index is 0.0298. The van der Waals surface area contributed by atoms with Crippen LogP contribution in [0.15, 0.2) is 57.3 Å². The predicted octanol–water partition coefficient (Wildman–Crippen LogP) is 4.94. The highest BCUT2D eigenvalue weighted by molar-refractivity contribution is 6.04. The standard InChI is InChI=1S/C29H35NO7/c1-6-34-12-13-36-29(32)26-18(4)30-21-14-20(19-9-11-23(35-7-2)25(16-19)33-5)15-22(31)27(21)28(26)24-10-8-17(3)37-24/h8-11,16,20,28,30H,6-7,12-15H2,1-5H3.